The molecule has 1 aliphatic rings. The molecule has 1 atom stereocenters. The van der Waals surface area contributed by atoms with Crippen LogP contribution in [0.2, 0.25) is 0 Å². The molecule has 6 nitrogen and oxygen atoms in total. The lowest BCUT2D eigenvalue weighted by Gasteiger charge is -2.24. The van der Waals surface area contributed by atoms with Crippen LogP contribution in [0, 0.1) is 5.82 Å². The standard InChI is InChI=1S/C16H20FN3O3/c1-15(2,3)18-12(21)9-20-13(22)16(4,19-14(20)23)10-7-5-6-8-11(10)17/h5-8H,9H2,1-4H3,(H,18,21)(H,19,23)/t16-/m1/s1. The molecule has 0 bridgehead atoms. The molecule has 0 saturated carbocycles. The average Bonchev–Trinajstić information content (AvgIpc) is 2.61. The van der Waals surface area contributed by atoms with E-state index in [0.717, 1.165) is 4.90 Å². The van der Waals surface area contributed by atoms with Gasteiger partial charge in [0.1, 0.15) is 17.9 Å². The predicted octanol–water partition coefficient (Wildman–Crippen LogP) is 1.51. The van der Waals surface area contributed by atoms with Crippen molar-refractivity contribution in [3.8, 4) is 0 Å². The van der Waals surface area contributed by atoms with Gasteiger partial charge in [0.15, 0.2) is 0 Å². The van der Waals surface area contributed by atoms with Crippen LogP contribution in [0.15, 0.2) is 24.3 Å². The molecular weight excluding hydrogens is 301 g/mol. The van der Waals surface area contributed by atoms with Gasteiger partial charge in [0.05, 0.1) is 0 Å². The van der Waals surface area contributed by atoms with Crippen molar-refractivity contribution in [1.29, 1.82) is 0 Å². The molecule has 23 heavy (non-hydrogen) atoms. The van der Waals surface area contributed by atoms with Crippen molar-refractivity contribution in [2.75, 3.05) is 6.54 Å². The first kappa shape index (κ1) is 16.9. The number of carbonyl (C=O) groups is 3. The zero-order chi connectivity index (χ0) is 17.4. The van der Waals surface area contributed by atoms with Crippen molar-refractivity contribution >= 4 is 17.8 Å². The summed E-state index contributed by atoms with van der Waals surface area (Å²) in [7, 11) is 0. The van der Waals surface area contributed by atoms with Crippen molar-refractivity contribution < 1.29 is 18.8 Å². The topological polar surface area (TPSA) is 78.5 Å². The van der Waals surface area contributed by atoms with E-state index < -0.39 is 41.3 Å². The second kappa shape index (κ2) is 5.64. The second-order valence-corrected chi connectivity index (χ2v) is 6.72. The van der Waals surface area contributed by atoms with Gasteiger partial charge in [0, 0.05) is 11.1 Å². The fourth-order valence-electron chi connectivity index (χ4n) is 2.49. The van der Waals surface area contributed by atoms with E-state index in [9.17, 15) is 18.8 Å². The SMILES string of the molecule is CC(C)(C)NC(=O)CN1C(=O)N[C@](C)(c2ccccc2F)C1=O. The zero-order valence-electron chi connectivity index (χ0n) is 13.6. The van der Waals surface area contributed by atoms with E-state index in [1.165, 1.54) is 25.1 Å². The number of urea groups is 1. The predicted molar refractivity (Wildman–Crippen MR) is 81.9 cm³/mol. The van der Waals surface area contributed by atoms with E-state index in [1.807, 2.05) is 0 Å². The summed E-state index contributed by atoms with van der Waals surface area (Å²) < 4.78 is 14.0. The Labute approximate surface area is 134 Å². The van der Waals surface area contributed by atoms with Crippen LogP contribution in [0.5, 0.6) is 0 Å². The Morgan fingerprint density at radius 1 is 1.30 bits per heavy atom. The van der Waals surface area contributed by atoms with Crippen molar-refractivity contribution in [2.24, 2.45) is 0 Å². The number of carbonyl (C=O) groups excluding carboxylic acids is 3. The quantitative estimate of drug-likeness (QED) is 0.828. The molecular formula is C16H20FN3O3. The number of rotatable bonds is 3. The highest BCUT2D eigenvalue weighted by Gasteiger charge is 2.50. The molecule has 2 N–H and O–H groups in total. The summed E-state index contributed by atoms with van der Waals surface area (Å²) in [5.41, 5.74) is -1.94. The van der Waals surface area contributed by atoms with Gasteiger partial charge in [-0.25, -0.2) is 9.18 Å². The maximum absolute atomic E-state index is 14.0. The molecule has 1 heterocycles. The van der Waals surface area contributed by atoms with Crippen molar-refractivity contribution in [3.63, 3.8) is 0 Å². The number of imide groups is 1. The van der Waals surface area contributed by atoms with Crippen molar-refractivity contribution in [3.05, 3.63) is 35.6 Å². The van der Waals surface area contributed by atoms with Crippen LogP contribution in [0.1, 0.15) is 33.3 Å². The van der Waals surface area contributed by atoms with E-state index in [0.29, 0.717) is 0 Å². The molecule has 0 radical (unpaired) electrons. The first-order valence-electron chi connectivity index (χ1n) is 7.25. The van der Waals surface area contributed by atoms with Crippen LogP contribution < -0.4 is 10.6 Å². The molecule has 1 saturated heterocycles. The summed E-state index contributed by atoms with van der Waals surface area (Å²) >= 11 is 0. The molecule has 2 rings (SSSR count). The van der Waals surface area contributed by atoms with Gasteiger partial charge in [-0.15, -0.1) is 0 Å². The van der Waals surface area contributed by atoms with Gasteiger partial charge in [-0.2, -0.15) is 0 Å². The summed E-state index contributed by atoms with van der Waals surface area (Å²) in [4.78, 5) is 37.4. The Morgan fingerprint density at radius 2 is 1.91 bits per heavy atom. The fraction of sp³-hybridized carbons (Fsp3) is 0.438. The average molecular weight is 321 g/mol. The summed E-state index contributed by atoms with van der Waals surface area (Å²) in [5.74, 6) is -1.71. The number of benzene rings is 1. The maximum Gasteiger partial charge on any atom is 0.325 e. The number of amides is 4. The van der Waals surface area contributed by atoms with Crippen LogP contribution >= 0.6 is 0 Å². The van der Waals surface area contributed by atoms with Crippen LogP contribution in [-0.2, 0) is 15.1 Å². The van der Waals surface area contributed by atoms with E-state index in [-0.39, 0.29) is 5.56 Å². The summed E-state index contributed by atoms with van der Waals surface area (Å²) in [5, 5.41) is 5.15. The Bertz CT molecular complexity index is 669. The van der Waals surface area contributed by atoms with E-state index >= 15 is 0 Å². The lowest BCUT2D eigenvalue weighted by Crippen LogP contribution is -2.48. The normalized spacial score (nSPS) is 21.3. The second-order valence-electron chi connectivity index (χ2n) is 6.72. The Hall–Kier alpha value is -2.44. The largest absolute Gasteiger partial charge is 0.350 e. The molecule has 1 aliphatic heterocycles. The Kier molecular flexibility index (Phi) is 4.15. The van der Waals surface area contributed by atoms with Crippen LogP contribution in [0.3, 0.4) is 0 Å². The highest BCUT2D eigenvalue weighted by Crippen LogP contribution is 2.30. The van der Waals surface area contributed by atoms with Gasteiger partial charge in [0.25, 0.3) is 5.91 Å². The van der Waals surface area contributed by atoms with E-state index in [1.54, 1.807) is 26.8 Å². The first-order valence-corrected chi connectivity index (χ1v) is 7.25. The van der Waals surface area contributed by atoms with Gasteiger partial charge in [-0.05, 0) is 33.8 Å². The van der Waals surface area contributed by atoms with Gasteiger partial charge < -0.3 is 10.6 Å². The lowest BCUT2D eigenvalue weighted by atomic mass is 9.91. The number of hydrogen-bond acceptors (Lipinski definition) is 3. The Balaban J connectivity index is 2.24. The van der Waals surface area contributed by atoms with Gasteiger partial charge in [-0.3, -0.25) is 14.5 Å². The lowest BCUT2D eigenvalue weighted by molar-refractivity contribution is -0.135. The molecule has 7 heteroatoms. The van der Waals surface area contributed by atoms with Crippen LogP contribution in [-0.4, -0.2) is 34.8 Å². The Morgan fingerprint density at radius 3 is 2.48 bits per heavy atom. The molecule has 4 amide bonds. The molecule has 1 fully saturated rings. The third-order valence-corrected chi connectivity index (χ3v) is 3.50. The number of nitrogens with zero attached hydrogens (tertiary/aromatic N) is 1. The van der Waals surface area contributed by atoms with Gasteiger partial charge in [0.2, 0.25) is 5.91 Å². The van der Waals surface area contributed by atoms with Gasteiger partial charge in [-0.1, -0.05) is 18.2 Å². The van der Waals surface area contributed by atoms with Crippen LogP contribution in [0.4, 0.5) is 9.18 Å². The van der Waals surface area contributed by atoms with Gasteiger partial charge >= 0.3 is 6.03 Å². The molecule has 1 aromatic carbocycles. The van der Waals surface area contributed by atoms with E-state index in [2.05, 4.69) is 10.6 Å². The zero-order valence-corrected chi connectivity index (χ0v) is 13.6. The smallest absolute Gasteiger partial charge is 0.325 e. The minimum absolute atomic E-state index is 0.0667. The molecule has 0 unspecified atom stereocenters. The fourth-order valence-corrected chi connectivity index (χ4v) is 2.49. The number of hydrogen-bond donors (Lipinski definition) is 2. The van der Waals surface area contributed by atoms with Crippen molar-refractivity contribution in [2.45, 2.75) is 38.8 Å². The molecule has 1 aromatic rings. The molecule has 0 aliphatic carbocycles. The highest BCUT2D eigenvalue weighted by atomic mass is 19.1. The molecule has 0 spiro atoms. The van der Waals surface area contributed by atoms with E-state index in [4.69, 9.17) is 0 Å². The maximum atomic E-state index is 14.0. The monoisotopic (exact) mass is 321 g/mol. The third kappa shape index (κ3) is 3.33. The summed E-state index contributed by atoms with van der Waals surface area (Å²) in [6.07, 6.45) is 0. The summed E-state index contributed by atoms with van der Waals surface area (Å²) in [6.45, 7) is 6.39. The van der Waals surface area contributed by atoms with Crippen molar-refractivity contribution in [1.82, 2.24) is 15.5 Å². The number of halogens is 1. The first-order chi connectivity index (χ1) is 10.5. The number of nitrogens with one attached hydrogen (secondary N) is 2. The molecule has 124 valence electrons. The highest BCUT2D eigenvalue weighted by molar-refractivity contribution is 6.09. The third-order valence-electron chi connectivity index (χ3n) is 3.50. The minimum atomic E-state index is -1.52. The summed E-state index contributed by atoms with van der Waals surface area (Å²) in [6, 6.07) is 5.02. The molecule has 0 aromatic heterocycles. The minimum Gasteiger partial charge on any atom is -0.350 e. The van der Waals surface area contributed by atoms with Crippen LogP contribution in [0.25, 0.3) is 0 Å².